The van der Waals surface area contributed by atoms with Gasteiger partial charge in [-0.2, -0.15) is 0 Å². The lowest BCUT2D eigenvalue weighted by molar-refractivity contribution is 0.625. The van der Waals surface area contributed by atoms with Gasteiger partial charge in [-0.05, 0) is 111 Å². The summed E-state index contributed by atoms with van der Waals surface area (Å²) in [6.45, 7) is 0. The lowest BCUT2D eigenvalue weighted by atomic mass is 9.92. The number of nitrogens with zero attached hydrogens (tertiary/aromatic N) is 2. The number of fused-ring (bicyclic) bond motifs is 10. The van der Waals surface area contributed by atoms with Gasteiger partial charge in [-0.25, -0.2) is 0 Å². The molecule has 2 nitrogen and oxygen atoms in total. The third-order valence-electron chi connectivity index (χ3n) is 13.3. The van der Waals surface area contributed by atoms with E-state index < -0.39 is 0 Å². The van der Waals surface area contributed by atoms with Crippen LogP contribution in [0.4, 0.5) is 17.1 Å². The first-order chi connectivity index (χ1) is 31.2. The molecule has 1 aliphatic rings. The van der Waals surface area contributed by atoms with Crippen LogP contribution in [0.3, 0.4) is 0 Å². The van der Waals surface area contributed by atoms with E-state index in [1.807, 2.05) is 11.3 Å². The maximum Gasteiger partial charge on any atom is 0.0632 e. The van der Waals surface area contributed by atoms with E-state index in [-0.39, 0.29) is 6.04 Å². The first kappa shape index (κ1) is 36.0. The Kier molecular flexibility index (Phi) is 8.25. The molecule has 0 radical (unpaired) electrons. The van der Waals surface area contributed by atoms with E-state index in [9.17, 15) is 0 Å². The van der Waals surface area contributed by atoms with Crippen molar-refractivity contribution in [2.75, 3.05) is 4.90 Å². The minimum absolute atomic E-state index is 0.245. The molecule has 10 aromatic carbocycles. The minimum Gasteiger partial charge on any atom is -0.332 e. The monoisotopic (exact) mass is 820 g/mol. The topological polar surface area (TPSA) is 8.17 Å². The average molecular weight is 821 g/mol. The fourth-order valence-electron chi connectivity index (χ4n) is 10.4. The van der Waals surface area contributed by atoms with Crippen LogP contribution in [0, 0.1) is 0 Å². The molecular weight excluding hydrogens is 781 g/mol. The average Bonchev–Trinajstić information content (AvgIpc) is 3.90. The summed E-state index contributed by atoms with van der Waals surface area (Å²) < 4.78 is 5.22. The highest BCUT2D eigenvalue weighted by Crippen LogP contribution is 2.45. The van der Waals surface area contributed by atoms with Gasteiger partial charge >= 0.3 is 0 Å². The summed E-state index contributed by atoms with van der Waals surface area (Å²) in [5, 5.41) is 10.2. The molecule has 0 amide bonds. The molecule has 1 unspecified atom stereocenters. The van der Waals surface area contributed by atoms with Crippen LogP contribution >= 0.6 is 11.3 Å². The van der Waals surface area contributed by atoms with Crippen LogP contribution in [0.5, 0.6) is 0 Å². The molecule has 2 heterocycles. The second-order valence-corrected chi connectivity index (χ2v) is 17.8. The highest BCUT2D eigenvalue weighted by molar-refractivity contribution is 7.26. The maximum absolute atomic E-state index is 2.57. The van der Waals surface area contributed by atoms with Crippen molar-refractivity contribution in [3.05, 3.63) is 230 Å². The SMILES string of the molecule is C1=Cc2ccccc2C(n2c3ccccc3c3cc(-c4ccc(N(c5ccc(-c6cccc7c6sc6ccccc67)cc5)c5cc6ccccc6c6ccccc56)cc4)ccc32)C1. The number of allylic oxidation sites excluding steroid dienone is 1. The molecule has 1 aliphatic carbocycles. The van der Waals surface area contributed by atoms with Crippen LogP contribution in [0.1, 0.15) is 23.6 Å². The first-order valence-electron chi connectivity index (χ1n) is 21.9. The first-order valence-corrected chi connectivity index (χ1v) is 22.7. The molecule has 0 fully saturated rings. The molecule has 1 atom stereocenters. The van der Waals surface area contributed by atoms with Crippen molar-refractivity contribution in [2.45, 2.75) is 12.5 Å². The molecule has 63 heavy (non-hydrogen) atoms. The lowest BCUT2D eigenvalue weighted by Gasteiger charge is -2.28. The Bertz CT molecular complexity index is 3770. The zero-order chi connectivity index (χ0) is 41.4. The van der Waals surface area contributed by atoms with Crippen LogP contribution < -0.4 is 4.90 Å². The third kappa shape index (κ3) is 5.78. The van der Waals surface area contributed by atoms with Crippen molar-refractivity contribution >= 4 is 98.0 Å². The van der Waals surface area contributed by atoms with E-state index in [0.29, 0.717) is 0 Å². The van der Waals surface area contributed by atoms with Crippen LogP contribution in [0.15, 0.2) is 218 Å². The molecule has 12 aromatic rings. The predicted octanol–water partition coefficient (Wildman–Crippen LogP) is 17.3. The van der Waals surface area contributed by atoms with Gasteiger partial charge in [0.15, 0.2) is 0 Å². The number of benzene rings is 10. The Morgan fingerprint density at radius 1 is 0.444 bits per heavy atom. The summed E-state index contributed by atoms with van der Waals surface area (Å²) in [5.41, 5.74) is 13.5. The van der Waals surface area contributed by atoms with Gasteiger partial charge in [0.05, 0.1) is 11.7 Å². The van der Waals surface area contributed by atoms with Crippen molar-refractivity contribution in [3.63, 3.8) is 0 Å². The second kappa shape index (κ2) is 14.4. The number of hydrogen-bond donors (Lipinski definition) is 0. The summed E-state index contributed by atoms with van der Waals surface area (Å²) in [5.74, 6) is 0. The zero-order valence-electron chi connectivity index (χ0n) is 34.4. The molecule has 0 spiro atoms. The number of rotatable bonds is 6. The molecule has 13 rings (SSSR count). The van der Waals surface area contributed by atoms with Gasteiger partial charge in [0, 0.05) is 58.7 Å². The summed E-state index contributed by atoms with van der Waals surface area (Å²) in [6.07, 6.45) is 5.57. The Morgan fingerprint density at radius 3 is 1.92 bits per heavy atom. The van der Waals surface area contributed by atoms with Gasteiger partial charge in [-0.1, -0.05) is 170 Å². The van der Waals surface area contributed by atoms with Crippen LogP contribution in [0.2, 0.25) is 0 Å². The smallest absolute Gasteiger partial charge is 0.0632 e. The molecule has 0 aliphatic heterocycles. The minimum atomic E-state index is 0.245. The summed E-state index contributed by atoms with van der Waals surface area (Å²) in [7, 11) is 0. The number of thiophene rings is 1. The number of anilines is 3. The lowest BCUT2D eigenvalue weighted by Crippen LogP contribution is -2.13. The number of aromatic nitrogens is 1. The third-order valence-corrected chi connectivity index (χ3v) is 14.5. The normalized spacial score (nSPS) is 13.7. The van der Waals surface area contributed by atoms with Gasteiger partial charge in [0.1, 0.15) is 0 Å². The van der Waals surface area contributed by atoms with Gasteiger partial charge in [0.25, 0.3) is 0 Å². The van der Waals surface area contributed by atoms with Crippen LogP contribution in [-0.2, 0) is 0 Å². The number of hydrogen-bond acceptors (Lipinski definition) is 2. The van der Waals surface area contributed by atoms with Crippen molar-refractivity contribution in [1.82, 2.24) is 4.57 Å². The number of para-hydroxylation sites is 1. The molecule has 0 saturated heterocycles. The van der Waals surface area contributed by atoms with E-state index in [2.05, 4.69) is 234 Å². The summed E-state index contributed by atoms with van der Waals surface area (Å²) in [6, 6.07) is 78.9. The molecule has 3 heteroatoms. The van der Waals surface area contributed by atoms with Gasteiger partial charge in [0.2, 0.25) is 0 Å². The highest BCUT2D eigenvalue weighted by Gasteiger charge is 2.24. The molecule has 2 aromatic heterocycles. The zero-order valence-corrected chi connectivity index (χ0v) is 35.3. The predicted molar refractivity (Wildman–Crippen MR) is 271 cm³/mol. The summed E-state index contributed by atoms with van der Waals surface area (Å²) in [4.78, 5) is 2.44. The van der Waals surface area contributed by atoms with E-state index in [4.69, 9.17) is 0 Å². The second-order valence-electron chi connectivity index (χ2n) is 16.8. The van der Waals surface area contributed by atoms with Crippen molar-refractivity contribution < 1.29 is 0 Å². The Labute approximate surface area is 369 Å². The standard InChI is InChI=1S/C60H40N2S/c1-4-17-47-40(13-1)15-11-25-55(47)62-56-24-9-7-20-51(56)54-37-42(31-36-57(54)62)39-27-32-44(33-28-39)61(58-38-43-14-2-3-16-46(43)49-18-5-6-19-50(49)58)45-34-29-41(30-35-45)48-22-12-23-53-52-21-8-10-26-59(52)63-60(48)53/h1-24,26-38,55H,25H2. The molecular formula is C60H40N2S. The van der Waals surface area contributed by atoms with Gasteiger partial charge in [-0.3, -0.25) is 0 Å². The molecule has 0 saturated carbocycles. The fraction of sp³-hybridized carbons (Fsp3) is 0.0333. The van der Waals surface area contributed by atoms with Crippen molar-refractivity contribution in [2.24, 2.45) is 0 Å². The molecule has 296 valence electrons. The van der Waals surface area contributed by atoms with Gasteiger partial charge in [-0.15, -0.1) is 11.3 Å². The summed E-state index contributed by atoms with van der Waals surface area (Å²) >= 11 is 1.88. The maximum atomic E-state index is 2.57. The largest absolute Gasteiger partial charge is 0.332 e. The van der Waals surface area contributed by atoms with E-state index in [1.165, 1.54) is 96.9 Å². The van der Waals surface area contributed by atoms with E-state index in [0.717, 1.165) is 23.5 Å². The molecule has 0 bridgehead atoms. The van der Waals surface area contributed by atoms with Crippen LogP contribution in [-0.4, -0.2) is 4.57 Å². The van der Waals surface area contributed by atoms with Crippen molar-refractivity contribution in [1.29, 1.82) is 0 Å². The van der Waals surface area contributed by atoms with Crippen LogP contribution in [0.25, 0.3) is 91.9 Å². The molecule has 0 N–H and O–H groups in total. The van der Waals surface area contributed by atoms with Crippen molar-refractivity contribution in [3.8, 4) is 22.3 Å². The van der Waals surface area contributed by atoms with Gasteiger partial charge < -0.3 is 9.47 Å². The van der Waals surface area contributed by atoms with E-state index >= 15 is 0 Å². The Morgan fingerprint density at radius 2 is 1.08 bits per heavy atom. The quantitative estimate of drug-likeness (QED) is 0.152. The Hall–Kier alpha value is -7.72. The van der Waals surface area contributed by atoms with E-state index in [1.54, 1.807) is 0 Å². The fourth-order valence-corrected chi connectivity index (χ4v) is 11.6. The highest BCUT2D eigenvalue weighted by atomic mass is 32.1. The Balaban J connectivity index is 0.932.